The molecule has 116 valence electrons. The number of piperidine rings is 1. The van der Waals surface area contributed by atoms with Crippen LogP contribution in [0.2, 0.25) is 0 Å². The van der Waals surface area contributed by atoms with Gasteiger partial charge in [0, 0.05) is 12.6 Å². The first-order valence-electron chi connectivity index (χ1n) is 7.53. The summed E-state index contributed by atoms with van der Waals surface area (Å²) in [4.78, 5) is 14.7. The van der Waals surface area contributed by atoms with Gasteiger partial charge in [0.15, 0.2) is 5.78 Å². The van der Waals surface area contributed by atoms with Crippen LogP contribution in [0, 0.1) is 17.7 Å². The van der Waals surface area contributed by atoms with Gasteiger partial charge in [-0.3, -0.25) is 9.69 Å². The summed E-state index contributed by atoms with van der Waals surface area (Å²) >= 11 is 0. The number of ether oxygens (including phenoxy) is 1. The summed E-state index contributed by atoms with van der Waals surface area (Å²) in [5.74, 6) is 1.09. The standard InChI is InChI=1S/C17H24FNO2/c1-11-7-12(2)13(3)19(9-11)10-16(20)15-8-14(18)5-6-17(15)21-4/h5-6,8,11-13H,7,9-10H2,1-4H3. The third kappa shape index (κ3) is 3.62. The van der Waals surface area contributed by atoms with Crippen LogP contribution >= 0.6 is 0 Å². The summed E-state index contributed by atoms with van der Waals surface area (Å²) in [5, 5.41) is 0. The zero-order valence-electron chi connectivity index (χ0n) is 13.2. The lowest BCUT2D eigenvalue weighted by Crippen LogP contribution is -2.47. The monoisotopic (exact) mass is 293 g/mol. The number of likely N-dealkylation sites (tertiary alicyclic amines) is 1. The quantitative estimate of drug-likeness (QED) is 0.797. The highest BCUT2D eigenvalue weighted by Gasteiger charge is 2.30. The maximum atomic E-state index is 13.4. The largest absolute Gasteiger partial charge is 0.496 e. The third-order valence-electron chi connectivity index (χ3n) is 4.53. The molecule has 4 heteroatoms. The highest BCUT2D eigenvalue weighted by Crippen LogP contribution is 2.28. The van der Waals surface area contributed by atoms with Gasteiger partial charge in [0.1, 0.15) is 11.6 Å². The Kier molecular flexibility index (Phi) is 4.99. The average molecular weight is 293 g/mol. The molecule has 2 rings (SSSR count). The normalized spacial score (nSPS) is 26.6. The van der Waals surface area contributed by atoms with Crippen molar-refractivity contribution in [2.75, 3.05) is 20.2 Å². The van der Waals surface area contributed by atoms with Gasteiger partial charge in [-0.1, -0.05) is 13.8 Å². The number of ketones is 1. The smallest absolute Gasteiger partial charge is 0.180 e. The first-order chi connectivity index (χ1) is 9.92. The third-order valence-corrected chi connectivity index (χ3v) is 4.53. The Balaban J connectivity index is 2.15. The molecule has 0 aliphatic carbocycles. The SMILES string of the molecule is COc1ccc(F)cc1C(=O)CN1CC(C)CC(C)C1C. The number of Topliss-reactive ketones (excluding diaryl/α,β-unsaturated/α-hetero) is 1. The second-order valence-electron chi connectivity index (χ2n) is 6.26. The lowest BCUT2D eigenvalue weighted by Gasteiger charge is -2.40. The first kappa shape index (κ1) is 16.0. The van der Waals surface area contributed by atoms with Crippen molar-refractivity contribution in [3.8, 4) is 5.75 Å². The molecule has 1 aromatic carbocycles. The highest BCUT2D eigenvalue weighted by atomic mass is 19.1. The van der Waals surface area contributed by atoms with Crippen molar-refractivity contribution in [1.29, 1.82) is 0 Å². The van der Waals surface area contributed by atoms with Gasteiger partial charge in [-0.15, -0.1) is 0 Å². The fraction of sp³-hybridized carbons (Fsp3) is 0.588. The molecule has 0 radical (unpaired) electrons. The van der Waals surface area contributed by atoms with Crippen LogP contribution in [-0.4, -0.2) is 36.9 Å². The lowest BCUT2D eigenvalue weighted by atomic mass is 9.85. The lowest BCUT2D eigenvalue weighted by molar-refractivity contribution is 0.0647. The van der Waals surface area contributed by atoms with Crippen LogP contribution in [-0.2, 0) is 0 Å². The molecule has 1 aromatic rings. The Hall–Kier alpha value is -1.42. The van der Waals surface area contributed by atoms with Crippen LogP contribution in [0.15, 0.2) is 18.2 Å². The summed E-state index contributed by atoms with van der Waals surface area (Å²) in [5.41, 5.74) is 0.329. The minimum atomic E-state index is -0.410. The predicted molar refractivity (Wildman–Crippen MR) is 81.3 cm³/mol. The molecular weight excluding hydrogens is 269 g/mol. The number of methoxy groups -OCH3 is 1. The summed E-state index contributed by atoms with van der Waals surface area (Å²) in [6.45, 7) is 7.82. The molecule has 1 saturated heterocycles. The molecule has 21 heavy (non-hydrogen) atoms. The molecule has 0 spiro atoms. The van der Waals surface area contributed by atoms with E-state index < -0.39 is 5.82 Å². The molecule has 0 saturated carbocycles. The molecular formula is C17H24FNO2. The van der Waals surface area contributed by atoms with Crippen molar-refractivity contribution in [1.82, 2.24) is 4.90 Å². The average Bonchev–Trinajstić information content (AvgIpc) is 2.44. The Morgan fingerprint density at radius 3 is 2.76 bits per heavy atom. The molecule has 1 fully saturated rings. The number of rotatable bonds is 4. The van der Waals surface area contributed by atoms with Crippen molar-refractivity contribution in [2.45, 2.75) is 33.2 Å². The van der Waals surface area contributed by atoms with Crippen LogP contribution in [0.5, 0.6) is 5.75 Å². The van der Waals surface area contributed by atoms with Gasteiger partial charge in [0.2, 0.25) is 0 Å². The molecule has 1 aliphatic rings. The number of benzene rings is 1. The van der Waals surface area contributed by atoms with Crippen molar-refractivity contribution >= 4 is 5.78 Å². The second-order valence-corrected chi connectivity index (χ2v) is 6.26. The molecule has 3 nitrogen and oxygen atoms in total. The Bertz CT molecular complexity index is 518. The summed E-state index contributed by atoms with van der Waals surface area (Å²) in [7, 11) is 1.50. The van der Waals surface area contributed by atoms with E-state index in [-0.39, 0.29) is 5.78 Å². The van der Waals surface area contributed by atoms with E-state index in [0.29, 0.717) is 35.7 Å². The molecule has 1 heterocycles. The Labute approximate surface area is 126 Å². The Morgan fingerprint density at radius 1 is 1.38 bits per heavy atom. The second kappa shape index (κ2) is 6.56. The van der Waals surface area contributed by atoms with E-state index in [4.69, 9.17) is 4.74 Å². The van der Waals surface area contributed by atoms with E-state index in [1.54, 1.807) is 0 Å². The van der Waals surface area contributed by atoms with Crippen molar-refractivity contribution in [3.63, 3.8) is 0 Å². The van der Waals surface area contributed by atoms with Gasteiger partial charge in [0.25, 0.3) is 0 Å². The van der Waals surface area contributed by atoms with Gasteiger partial charge >= 0.3 is 0 Å². The fourth-order valence-electron chi connectivity index (χ4n) is 3.21. The maximum absolute atomic E-state index is 13.4. The van der Waals surface area contributed by atoms with Gasteiger partial charge in [0.05, 0.1) is 19.2 Å². The van der Waals surface area contributed by atoms with Crippen LogP contribution in [0.25, 0.3) is 0 Å². The van der Waals surface area contributed by atoms with E-state index in [0.717, 1.165) is 6.54 Å². The number of carbonyl (C=O) groups is 1. The fourth-order valence-corrected chi connectivity index (χ4v) is 3.21. The Morgan fingerprint density at radius 2 is 2.10 bits per heavy atom. The van der Waals surface area contributed by atoms with Crippen LogP contribution in [0.4, 0.5) is 4.39 Å². The topological polar surface area (TPSA) is 29.5 Å². The van der Waals surface area contributed by atoms with Gasteiger partial charge in [-0.05, 0) is 43.4 Å². The van der Waals surface area contributed by atoms with Crippen LogP contribution < -0.4 is 4.74 Å². The van der Waals surface area contributed by atoms with Crippen LogP contribution in [0.1, 0.15) is 37.6 Å². The summed E-state index contributed by atoms with van der Waals surface area (Å²) in [6.07, 6.45) is 1.19. The first-order valence-corrected chi connectivity index (χ1v) is 7.53. The maximum Gasteiger partial charge on any atom is 0.180 e. The molecule has 0 aromatic heterocycles. The van der Waals surface area contributed by atoms with E-state index in [1.807, 2.05) is 0 Å². The summed E-state index contributed by atoms with van der Waals surface area (Å²) in [6, 6.07) is 4.45. The molecule has 0 N–H and O–H groups in total. The summed E-state index contributed by atoms with van der Waals surface area (Å²) < 4.78 is 18.6. The molecule has 0 amide bonds. The minimum absolute atomic E-state index is 0.0838. The number of hydrogen-bond donors (Lipinski definition) is 0. The van der Waals surface area contributed by atoms with E-state index in [2.05, 4.69) is 25.7 Å². The van der Waals surface area contributed by atoms with Crippen LogP contribution in [0.3, 0.4) is 0 Å². The zero-order valence-corrected chi connectivity index (χ0v) is 13.2. The zero-order chi connectivity index (χ0) is 15.6. The minimum Gasteiger partial charge on any atom is -0.496 e. The van der Waals surface area contributed by atoms with Gasteiger partial charge in [-0.2, -0.15) is 0 Å². The number of halogens is 1. The van der Waals surface area contributed by atoms with E-state index in [9.17, 15) is 9.18 Å². The predicted octanol–water partition coefficient (Wildman–Crippen LogP) is 3.38. The van der Waals surface area contributed by atoms with Crippen molar-refractivity contribution in [2.24, 2.45) is 11.8 Å². The number of nitrogens with zero attached hydrogens (tertiary/aromatic N) is 1. The van der Waals surface area contributed by atoms with Crippen molar-refractivity contribution < 1.29 is 13.9 Å². The number of hydrogen-bond acceptors (Lipinski definition) is 3. The van der Waals surface area contributed by atoms with E-state index >= 15 is 0 Å². The van der Waals surface area contributed by atoms with Gasteiger partial charge < -0.3 is 4.74 Å². The molecule has 3 atom stereocenters. The highest BCUT2D eigenvalue weighted by molar-refractivity contribution is 6.00. The van der Waals surface area contributed by atoms with Gasteiger partial charge in [-0.25, -0.2) is 4.39 Å². The van der Waals surface area contributed by atoms with Crippen molar-refractivity contribution in [3.05, 3.63) is 29.6 Å². The molecule has 0 bridgehead atoms. The number of carbonyl (C=O) groups excluding carboxylic acids is 1. The van der Waals surface area contributed by atoms with E-state index in [1.165, 1.54) is 31.7 Å². The molecule has 1 aliphatic heterocycles. The molecule has 3 unspecified atom stereocenters.